The predicted octanol–water partition coefficient (Wildman–Crippen LogP) is 1.70. The number of rotatable bonds is 2. The van der Waals surface area contributed by atoms with Crippen LogP contribution in [0.5, 0.6) is 0 Å². The zero-order valence-corrected chi connectivity index (χ0v) is 11.9. The van der Waals surface area contributed by atoms with Gasteiger partial charge in [0, 0.05) is 7.05 Å². The molecule has 0 aliphatic rings. The second kappa shape index (κ2) is 5.04. The highest BCUT2D eigenvalue weighted by molar-refractivity contribution is 6.28. The normalized spacial score (nSPS) is 10.7. The third kappa shape index (κ3) is 2.18. The van der Waals surface area contributed by atoms with Crippen molar-refractivity contribution in [2.75, 3.05) is 0 Å². The maximum Gasteiger partial charge on any atom is 0.281 e. The lowest BCUT2D eigenvalue weighted by Gasteiger charge is -2.09. The Balaban J connectivity index is 2.19. The van der Waals surface area contributed by atoms with E-state index in [1.165, 1.54) is 10.9 Å². The molecule has 0 fully saturated rings. The third-order valence-electron chi connectivity index (χ3n) is 3.25. The largest absolute Gasteiger partial charge is 0.328 e. The number of aryl methyl sites for hydroxylation is 1. The van der Waals surface area contributed by atoms with Crippen molar-refractivity contribution < 1.29 is 0 Å². The van der Waals surface area contributed by atoms with E-state index in [0.29, 0.717) is 22.3 Å². The summed E-state index contributed by atoms with van der Waals surface area (Å²) in [6.07, 6.45) is 1.52. The van der Waals surface area contributed by atoms with Crippen molar-refractivity contribution in [2.45, 2.75) is 6.54 Å². The minimum absolute atomic E-state index is 0.0546. The molecule has 0 radical (unpaired) electrons. The summed E-state index contributed by atoms with van der Waals surface area (Å²) in [5.41, 5.74) is 1.64. The molecule has 0 aliphatic carbocycles. The van der Waals surface area contributed by atoms with E-state index in [4.69, 9.17) is 16.9 Å². The quantitative estimate of drug-likeness (QED) is 0.675. The van der Waals surface area contributed by atoms with Gasteiger partial charge in [0.15, 0.2) is 11.2 Å². The lowest BCUT2D eigenvalue weighted by Crippen LogP contribution is -2.24. The maximum atomic E-state index is 12.5. The average molecular weight is 300 g/mol. The molecule has 0 bridgehead atoms. The standard InChI is InChI=1S/C14H10ClN5O/c1-19-8-17-12-11(19)13(21)20(14(15)18-12)7-10-5-3-2-4-9(10)6-16/h2-5,8H,7H2,1H3. The second-order valence-corrected chi connectivity index (χ2v) is 4.91. The van der Waals surface area contributed by atoms with Crippen LogP contribution >= 0.6 is 11.6 Å². The Hall–Kier alpha value is -2.65. The van der Waals surface area contributed by atoms with Crippen LogP contribution in [-0.2, 0) is 13.6 Å². The Kier molecular flexibility index (Phi) is 3.20. The fraction of sp³-hybridized carbons (Fsp3) is 0.143. The van der Waals surface area contributed by atoms with E-state index in [9.17, 15) is 4.79 Å². The number of imidazole rings is 1. The highest BCUT2D eigenvalue weighted by atomic mass is 35.5. The summed E-state index contributed by atoms with van der Waals surface area (Å²) < 4.78 is 2.94. The maximum absolute atomic E-state index is 12.5. The van der Waals surface area contributed by atoms with Crippen LogP contribution in [0.1, 0.15) is 11.1 Å². The van der Waals surface area contributed by atoms with Crippen molar-refractivity contribution in [3.8, 4) is 6.07 Å². The van der Waals surface area contributed by atoms with Crippen molar-refractivity contribution in [3.63, 3.8) is 0 Å². The third-order valence-corrected chi connectivity index (χ3v) is 3.54. The summed E-state index contributed by atoms with van der Waals surface area (Å²) in [5.74, 6) is 0. The smallest absolute Gasteiger partial charge is 0.281 e. The minimum atomic E-state index is -0.280. The monoisotopic (exact) mass is 299 g/mol. The molecule has 21 heavy (non-hydrogen) atoms. The van der Waals surface area contributed by atoms with Crippen LogP contribution in [0.2, 0.25) is 5.28 Å². The topological polar surface area (TPSA) is 76.5 Å². The van der Waals surface area contributed by atoms with Gasteiger partial charge in [0.2, 0.25) is 5.28 Å². The van der Waals surface area contributed by atoms with E-state index in [0.717, 1.165) is 0 Å². The van der Waals surface area contributed by atoms with Gasteiger partial charge in [0.1, 0.15) is 0 Å². The van der Waals surface area contributed by atoms with Crippen LogP contribution in [0, 0.1) is 11.3 Å². The van der Waals surface area contributed by atoms with Crippen LogP contribution in [0.4, 0.5) is 0 Å². The zero-order valence-electron chi connectivity index (χ0n) is 11.1. The molecule has 0 saturated carbocycles. The van der Waals surface area contributed by atoms with Crippen molar-refractivity contribution in [2.24, 2.45) is 7.05 Å². The molecule has 1 aromatic carbocycles. The van der Waals surface area contributed by atoms with Crippen molar-refractivity contribution in [3.05, 3.63) is 57.4 Å². The Morgan fingerprint density at radius 2 is 2.14 bits per heavy atom. The fourth-order valence-electron chi connectivity index (χ4n) is 2.18. The fourth-order valence-corrected chi connectivity index (χ4v) is 2.40. The van der Waals surface area contributed by atoms with Gasteiger partial charge in [-0.2, -0.15) is 10.2 Å². The first-order chi connectivity index (χ1) is 10.1. The molecule has 104 valence electrons. The number of aromatic nitrogens is 4. The Labute approximate surface area is 124 Å². The molecule has 0 amide bonds. The first kappa shape index (κ1) is 13.3. The molecule has 0 spiro atoms. The van der Waals surface area contributed by atoms with Gasteiger partial charge < -0.3 is 4.57 Å². The van der Waals surface area contributed by atoms with Crippen LogP contribution in [0.15, 0.2) is 35.4 Å². The Morgan fingerprint density at radius 1 is 1.38 bits per heavy atom. The van der Waals surface area contributed by atoms with Crippen LogP contribution in [0.3, 0.4) is 0 Å². The molecule has 0 aliphatic heterocycles. The van der Waals surface area contributed by atoms with Crippen LogP contribution in [-0.4, -0.2) is 19.1 Å². The van der Waals surface area contributed by atoms with E-state index in [-0.39, 0.29) is 17.4 Å². The molecular formula is C14H10ClN5O. The lowest BCUT2D eigenvalue weighted by atomic mass is 10.1. The number of halogens is 1. The van der Waals surface area contributed by atoms with Gasteiger partial charge in [-0.25, -0.2) is 4.98 Å². The molecule has 0 N–H and O–H groups in total. The minimum Gasteiger partial charge on any atom is -0.328 e. The molecule has 0 unspecified atom stereocenters. The molecule has 2 heterocycles. The molecule has 7 heteroatoms. The second-order valence-electron chi connectivity index (χ2n) is 4.57. The highest BCUT2D eigenvalue weighted by Crippen LogP contribution is 2.14. The van der Waals surface area contributed by atoms with Crippen LogP contribution in [0.25, 0.3) is 11.2 Å². The number of hydrogen-bond donors (Lipinski definition) is 0. The lowest BCUT2D eigenvalue weighted by molar-refractivity contribution is 0.741. The summed E-state index contributed by atoms with van der Waals surface area (Å²) in [7, 11) is 1.72. The van der Waals surface area contributed by atoms with Crippen molar-refractivity contribution >= 4 is 22.8 Å². The highest BCUT2D eigenvalue weighted by Gasteiger charge is 2.14. The summed E-state index contributed by atoms with van der Waals surface area (Å²) >= 11 is 6.08. The molecule has 0 atom stereocenters. The number of nitrogens with zero attached hydrogens (tertiary/aromatic N) is 5. The molecule has 3 aromatic rings. The SMILES string of the molecule is Cn1cnc2nc(Cl)n(Cc3ccccc3C#N)c(=O)c21. The number of nitriles is 1. The summed E-state index contributed by atoms with van der Waals surface area (Å²) in [5, 5.41) is 9.17. The number of hydrogen-bond acceptors (Lipinski definition) is 4. The van der Waals surface area contributed by atoms with Gasteiger partial charge >= 0.3 is 0 Å². The Morgan fingerprint density at radius 3 is 2.90 bits per heavy atom. The van der Waals surface area contributed by atoms with E-state index in [1.54, 1.807) is 29.8 Å². The van der Waals surface area contributed by atoms with Crippen molar-refractivity contribution in [1.29, 1.82) is 5.26 Å². The zero-order chi connectivity index (χ0) is 15.0. The van der Waals surface area contributed by atoms with Crippen LogP contribution < -0.4 is 5.56 Å². The van der Waals surface area contributed by atoms with Gasteiger partial charge in [-0.1, -0.05) is 18.2 Å². The summed E-state index contributed by atoms with van der Waals surface area (Å²) in [6, 6.07) is 9.17. The van der Waals surface area contributed by atoms with Gasteiger partial charge in [0.05, 0.1) is 24.5 Å². The van der Waals surface area contributed by atoms with Gasteiger partial charge in [-0.05, 0) is 23.2 Å². The van der Waals surface area contributed by atoms with Crippen molar-refractivity contribution in [1.82, 2.24) is 19.1 Å². The summed E-state index contributed by atoms with van der Waals surface area (Å²) in [6.45, 7) is 0.190. The first-order valence-corrected chi connectivity index (χ1v) is 6.55. The van der Waals surface area contributed by atoms with Gasteiger partial charge in [-0.3, -0.25) is 9.36 Å². The number of fused-ring (bicyclic) bond motifs is 1. The molecule has 6 nitrogen and oxygen atoms in total. The average Bonchev–Trinajstić information content (AvgIpc) is 2.85. The van der Waals surface area contributed by atoms with E-state index in [2.05, 4.69) is 16.0 Å². The van der Waals surface area contributed by atoms with E-state index >= 15 is 0 Å². The molecule has 2 aromatic heterocycles. The first-order valence-electron chi connectivity index (χ1n) is 6.17. The van der Waals surface area contributed by atoms with E-state index < -0.39 is 0 Å². The Bertz CT molecular complexity index is 935. The molecular weight excluding hydrogens is 290 g/mol. The predicted molar refractivity (Wildman–Crippen MR) is 78.0 cm³/mol. The van der Waals surface area contributed by atoms with Gasteiger partial charge in [0.25, 0.3) is 5.56 Å². The van der Waals surface area contributed by atoms with Gasteiger partial charge in [-0.15, -0.1) is 0 Å². The molecule has 3 rings (SSSR count). The van der Waals surface area contributed by atoms with E-state index in [1.807, 2.05) is 6.07 Å². The summed E-state index contributed by atoms with van der Waals surface area (Å²) in [4.78, 5) is 20.7. The molecule has 0 saturated heterocycles. The number of benzene rings is 1.